The molecule has 0 aromatic heterocycles. The number of unbranched alkanes of at least 4 members (excludes halogenated alkanes) is 12. The van der Waals surface area contributed by atoms with Crippen LogP contribution in [0.25, 0.3) is 0 Å². The van der Waals surface area contributed by atoms with Crippen molar-refractivity contribution in [2.24, 2.45) is 5.41 Å². The molecule has 0 unspecified atom stereocenters. The van der Waals surface area contributed by atoms with Crippen LogP contribution in [0.5, 0.6) is 0 Å². The topological polar surface area (TPSA) is 94.1 Å². The Kier molecular flexibility index (Phi) is 34.9. The fraction of sp³-hybridized carbons (Fsp3) is 1.00. The Balaban J connectivity index is -0.00000544. The van der Waals surface area contributed by atoms with Crippen LogP contribution >= 0.6 is 0 Å². The zero-order chi connectivity index (χ0) is 25.4. The molecule has 1 atom stereocenters. The third-order valence-corrected chi connectivity index (χ3v) is 6.55. The average Bonchev–Trinajstić information content (AvgIpc) is 2.80. The van der Waals surface area contributed by atoms with Crippen molar-refractivity contribution in [2.45, 2.75) is 117 Å². The molecule has 0 aliphatic rings. The smallest absolute Gasteiger partial charge is 0.726 e. The molecule has 0 rings (SSSR count). The van der Waals surface area contributed by atoms with Crippen molar-refractivity contribution in [3.63, 3.8) is 0 Å². The van der Waals surface area contributed by atoms with E-state index in [1.54, 1.807) is 7.11 Å². The molecule has 10 heteroatoms. The Bertz CT molecular complexity index is 512. The zero-order valence-corrected chi connectivity index (χ0v) is 29.1. The van der Waals surface area contributed by atoms with Gasteiger partial charge in [-0.2, -0.15) is 0 Å². The van der Waals surface area contributed by atoms with Gasteiger partial charge in [-0.25, -0.2) is 8.42 Å². The van der Waals surface area contributed by atoms with Gasteiger partial charge in [-0.05, 0) is 25.7 Å². The summed E-state index contributed by atoms with van der Waals surface area (Å²) in [5, 5.41) is 0. The van der Waals surface area contributed by atoms with Crippen molar-refractivity contribution >= 4 is 10.4 Å². The molecule has 0 saturated carbocycles. The molecular weight excluding hydrogens is 502 g/mol. The van der Waals surface area contributed by atoms with Crippen molar-refractivity contribution in [1.82, 2.24) is 0 Å². The molecule has 0 spiro atoms. The molecule has 0 fully saturated rings. The van der Waals surface area contributed by atoms with Crippen molar-refractivity contribution < 1.29 is 90.5 Å². The number of methoxy groups -OCH3 is 1. The van der Waals surface area contributed by atoms with Crippen LogP contribution < -0.4 is 59.1 Å². The predicted octanol–water partition coefficient (Wildman–Crippen LogP) is 0.419. The SMILES string of the molecule is CCCCCCCCCCOC[C@@](CCCCCCOCCCCC)(COC)COS(=O)(=O)[O-].[Na+].[Na+]. The van der Waals surface area contributed by atoms with Gasteiger partial charge in [0.25, 0.3) is 0 Å². The summed E-state index contributed by atoms with van der Waals surface area (Å²) in [5.41, 5.74) is -0.636. The molecule has 0 aliphatic carbocycles. The van der Waals surface area contributed by atoms with Crippen LogP contribution in [0, 0.1) is 5.41 Å². The second kappa shape index (κ2) is 29.7. The van der Waals surface area contributed by atoms with E-state index in [9.17, 15) is 13.0 Å². The minimum Gasteiger partial charge on any atom is -0.726 e. The first-order chi connectivity index (χ1) is 16.4. The molecular formula is C26H53Na2O7S+. The molecule has 0 amide bonds. The summed E-state index contributed by atoms with van der Waals surface area (Å²) in [6.07, 6.45) is 18.0. The Morgan fingerprint density at radius 2 is 1.06 bits per heavy atom. The summed E-state index contributed by atoms with van der Waals surface area (Å²) in [5.74, 6) is 0. The summed E-state index contributed by atoms with van der Waals surface area (Å²) >= 11 is 0. The van der Waals surface area contributed by atoms with Crippen LogP contribution in [0.2, 0.25) is 0 Å². The van der Waals surface area contributed by atoms with Crippen LogP contribution in [0.3, 0.4) is 0 Å². The number of ether oxygens (including phenoxy) is 3. The van der Waals surface area contributed by atoms with Gasteiger partial charge in [0.2, 0.25) is 10.4 Å². The van der Waals surface area contributed by atoms with E-state index in [0.717, 1.165) is 58.2 Å². The van der Waals surface area contributed by atoms with Crippen molar-refractivity contribution in [3.8, 4) is 0 Å². The van der Waals surface area contributed by atoms with Crippen molar-refractivity contribution in [2.75, 3.05) is 46.8 Å². The van der Waals surface area contributed by atoms with Crippen molar-refractivity contribution in [3.05, 3.63) is 0 Å². The van der Waals surface area contributed by atoms with E-state index in [-0.39, 0.29) is 65.7 Å². The Hall–Kier alpha value is 1.75. The van der Waals surface area contributed by atoms with Gasteiger partial charge >= 0.3 is 59.1 Å². The van der Waals surface area contributed by atoms with Crippen LogP contribution in [-0.2, 0) is 28.8 Å². The fourth-order valence-electron chi connectivity index (χ4n) is 4.09. The second-order valence-electron chi connectivity index (χ2n) is 9.61. The molecule has 0 radical (unpaired) electrons. The molecule has 0 saturated heterocycles. The van der Waals surface area contributed by atoms with Crippen LogP contribution in [0.1, 0.15) is 117 Å². The van der Waals surface area contributed by atoms with E-state index in [1.807, 2.05) is 0 Å². The first-order valence-corrected chi connectivity index (χ1v) is 15.0. The molecule has 7 nitrogen and oxygen atoms in total. The van der Waals surface area contributed by atoms with E-state index in [2.05, 4.69) is 18.0 Å². The third-order valence-electron chi connectivity index (χ3n) is 6.15. The van der Waals surface area contributed by atoms with Crippen LogP contribution in [-0.4, -0.2) is 59.7 Å². The summed E-state index contributed by atoms with van der Waals surface area (Å²) in [6, 6.07) is 0. The average molecular weight is 556 g/mol. The minimum atomic E-state index is -4.76. The largest absolute Gasteiger partial charge is 1.00 e. The second-order valence-corrected chi connectivity index (χ2v) is 10.7. The first kappa shape index (κ1) is 42.2. The first-order valence-electron chi connectivity index (χ1n) is 13.6. The minimum absolute atomic E-state index is 0. The number of hydrogen-bond donors (Lipinski definition) is 0. The Labute approximate surface area is 267 Å². The quantitative estimate of drug-likeness (QED) is 0.0628. The van der Waals surface area contributed by atoms with E-state index < -0.39 is 15.8 Å². The molecule has 36 heavy (non-hydrogen) atoms. The molecule has 0 aromatic rings. The molecule has 0 bridgehead atoms. The monoisotopic (exact) mass is 555 g/mol. The van der Waals surface area contributed by atoms with Gasteiger partial charge in [0.15, 0.2) is 0 Å². The Morgan fingerprint density at radius 3 is 1.58 bits per heavy atom. The summed E-state index contributed by atoms with van der Waals surface area (Å²) < 4.78 is 54.9. The van der Waals surface area contributed by atoms with E-state index in [1.165, 1.54) is 51.4 Å². The standard InChI is InChI=1S/C26H54O7S.2Na/c1-4-6-8-9-10-11-13-18-22-32-24-26(23-30-3,25-33-34(27,28)29)19-15-12-14-17-21-31-20-16-7-5-2;;/h4-25H2,1-3H3,(H,27,28,29);;/q;2*+1/p-1/t26-;;/m1../s1. The van der Waals surface area contributed by atoms with Gasteiger partial charge in [-0.15, -0.1) is 0 Å². The van der Waals surface area contributed by atoms with Gasteiger partial charge in [0.05, 0.1) is 19.8 Å². The predicted molar refractivity (Wildman–Crippen MR) is 137 cm³/mol. The molecule has 0 aliphatic heterocycles. The Morgan fingerprint density at radius 1 is 0.611 bits per heavy atom. The number of rotatable bonds is 27. The van der Waals surface area contributed by atoms with E-state index in [0.29, 0.717) is 26.2 Å². The van der Waals surface area contributed by atoms with E-state index in [4.69, 9.17) is 14.2 Å². The zero-order valence-electron chi connectivity index (χ0n) is 24.3. The van der Waals surface area contributed by atoms with E-state index >= 15 is 0 Å². The normalized spacial score (nSPS) is 13.1. The van der Waals surface area contributed by atoms with Gasteiger partial charge in [-0.3, -0.25) is 4.18 Å². The molecule has 0 heterocycles. The van der Waals surface area contributed by atoms with Crippen molar-refractivity contribution in [1.29, 1.82) is 0 Å². The summed E-state index contributed by atoms with van der Waals surface area (Å²) in [7, 11) is -3.18. The van der Waals surface area contributed by atoms with Crippen LogP contribution in [0.15, 0.2) is 0 Å². The summed E-state index contributed by atoms with van der Waals surface area (Å²) in [6.45, 7) is 7.07. The van der Waals surface area contributed by atoms with Crippen LogP contribution in [0.4, 0.5) is 0 Å². The summed E-state index contributed by atoms with van der Waals surface area (Å²) in [4.78, 5) is 0. The maximum absolute atomic E-state index is 11.1. The number of hydrogen-bond acceptors (Lipinski definition) is 7. The van der Waals surface area contributed by atoms with Gasteiger partial charge in [-0.1, -0.05) is 90.9 Å². The molecule has 206 valence electrons. The molecule has 0 N–H and O–H groups in total. The van der Waals surface area contributed by atoms with Gasteiger partial charge in [0, 0.05) is 32.3 Å². The molecule has 0 aromatic carbocycles. The fourth-order valence-corrected chi connectivity index (χ4v) is 4.48. The maximum Gasteiger partial charge on any atom is 1.00 e. The maximum atomic E-state index is 11.1. The van der Waals surface area contributed by atoms with Gasteiger partial charge < -0.3 is 18.8 Å². The van der Waals surface area contributed by atoms with Gasteiger partial charge in [0.1, 0.15) is 0 Å². The third kappa shape index (κ3) is 28.8.